The monoisotopic (exact) mass is 458 g/mol. The van der Waals surface area contributed by atoms with Gasteiger partial charge in [0.25, 0.3) is 0 Å². The van der Waals surface area contributed by atoms with Crippen molar-refractivity contribution in [1.82, 2.24) is 14.9 Å². The van der Waals surface area contributed by atoms with Gasteiger partial charge in [-0.05, 0) is 44.5 Å². The lowest BCUT2D eigenvalue weighted by molar-refractivity contribution is -0.128. The number of aromatic nitrogens is 2. The van der Waals surface area contributed by atoms with Gasteiger partial charge in [-0.3, -0.25) is 9.59 Å². The van der Waals surface area contributed by atoms with E-state index in [0.29, 0.717) is 43.2 Å². The second-order valence-corrected chi connectivity index (χ2v) is 9.69. The van der Waals surface area contributed by atoms with E-state index in [4.69, 9.17) is 0 Å². The first kappa shape index (κ1) is 21.7. The number of ketones is 1. The molecule has 0 saturated carbocycles. The van der Waals surface area contributed by atoms with Crippen molar-refractivity contribution in [3.63, 3.8) is 0 Å². The number of aryl methyl sites for hydroxylation is 2. The highest BCUT2D eigenvalue weighted by atomic mass is 32.2. The first-order valence-electron chi connectivity index (χ1n) is 10.0. The summed E-state index contributed by atoms with van der Waals surface area (Å²) in [6.07, 6.45) is 1.55. The lowest BCUT2D eigenvalue weighted by Gasteiger charge is -2.36. The highest BCUT2D eigenvalue weighted by Crippen LogP contribution is 2.34. The van der Waals surface area contributed by atoms with Crippen LogP contribution >= 0.6 is 23.1 Å². The maximum Gasteiger partial charge on any atom is 0.233 e. The van der Waals surface area contributed by atoms with Crippen molar-refractivity contribution in [2.24, 2.45) is 0 Å². The largest absolute Gasteiger partial charge is 0.366 e. The van der Waals surface area contributed by atoms with Crippen LogP contribution in [0.2, 0.25) is 0 Å². The number of rotatable bonds is 5. The van der Waals surface area contributed by atoms with Crippen molar-refractivity contribution in [1.29, 1.82) is 0 Å². The van der Waals surface area contributed by atoms with Crippen molar-refractivity contribution >= 4 is 50.7 Å². The topological polar surface area (TPSA) is 66.4 Å². The molecular weight excluding hydrogens is 435 g/mol. The molecule has 31 heavy (non-hydrogen) atoms. The molecule has 0 radical (unpaired) electrons. The average molecular weight is 459 g/mol. The maximum absolute atomic E-state index is 14.4. The Labute approximate surface area is 188 Å². The van der Waals surface area contributed by atoms with Gasteiger partial charge < -0.3 is 9.80 Å². The van der Waals surface area contributed by atoms with Crippen molar-refractivity contribution in [3.8, 4) is 0 Å². The molecule has 1 amide bonds. The SMILES string of the molecule is CC(=O)c1ccc(N2CCN(C(=O)CSc3ncnc4sc(C)c(C)c34)CC2)c(F)c1. The molecule has 9 heteroatoms. The Kier molecular flexibility index (Phi) is 6.24. The van der Waals surface area contributed by atoms with Gasteiger partial charge in [0.15, 0.2) is 5.78 Å². The summed E-state index contributed by atoms with van der Waals surface area (Å²) >= 11 is 3.08. The summed E-state index contributed by atoms with van der Waals surface area (Å²) in [5.74, 6) is -0.208. The molecule has 3 heterocycles. The zero-order valence-electron chi connectivity index (χ0n) is 17.6. The minimum absolute atomic E-state index is 0.0495. The molecule has 1 fully saturated rings. The number of nitrogens with zero attached hydrogens (tertiary/aromatic N) is 4. The molecule has 1 aliphatic heterocycles. The van der Waals surface area contributed by atoms with E-state index in [1.165, 1.54) is 35.2 Å². The van der Waals surface area contributed by atoms with Crippen LogP contribution in [-0.4, -0.2) is 58.5 Å². The second-order valence-electron chi connectivity index (χ2n) is 7.52. The van der Waals surface area contributed by atoms with Gasteiger partial charge in [0.05, 0.1) is 11.4 Å². The molecule has 0 spiro atoms. The van der Waals surface area contributed by atoms with Gasteiger partial charge in [0, 0.05) is 42.0 Å². The molecule has 1 saturated heterocycles. The molecule has 2 aromatic heterocycles. The number of thioether (sulfide) groups is 1. The Bertz CT molecular complexity index is 1160. The van der Waals surface area contributed by atoms with Crippen LogP contribution in [0.25, 0.3) is 10.2 Å². The molecule has 0 unspecified atom stereocenters. The number of amides is 1. The van der Waals surface area contributed by atoms with E-state index >= 15 is 0 Å². The van der Waals surface area contributed by atoms with Gasteiger partial charge in [0.1, 0.15) is 22.0 Å². The normalized spacial score (nSPS) is 14.3. The van der Waals surface area contributed by atoms with E-state index in [1.807, 2.05) is 9.80 Å². The number of anilines is 1. The maximum atomic E-state index is 14.4. The van der Waals surface area contributed by atoms with Gasteiger partial charge in [-0.2, -0.15) is 0 Å². The molecule has 1 aliphatic rings. The third-order valence-electron chi connectivity index (χ3n) is 5.59. The quantitative estimate of drug-likeness (QED) is 0.326. The third-order valence-corrected chi connectivity index (χ3v) is 7.68. The standard InChI is InChI=1S/C22H23FN4O2S2/c1-13-15(3)31-22-20(13)21(24-12-25-22)30-11-19(29)27-8-6-26(7-9-27)18-5-4-16(14(2)28)10-17(18)23/h4-5,10,12H,6-9,11H2,1-3H3. The van der Waals surface area contributed by atoms with Crippen molar-refractivity contribution in [3.05, 3.63) is 46.3 Å². The molecule has 0 N–H and O–H groups in total. The van der Waals surface area contributed by atoms with Crippen LogP contribution in [0, 0.1) is 19.7 Å². The average Bonchev–Trinajstić information content (AvgIpc) is 3.06. The lowest BCUT2D eigenvalue weighted by Crippen LogP contribution is -2.49. The number of fused-ring (bicyclic) bond motifs is 1. The number of piperazine rings is 1. The predicted molar refractivity (Wildman–Crippen MR) is 123 cm³/mol. The van der Waals surface area contributed by atoms with Crippen LogP contribution in [0.15, 0.2) is 29.6 Å². The van der Waals surface area contributed by atoms with Crippen LogP contribution in [-0.2, 0) is 4.79 Å². The molecular formula is C22H23FN4O2S2. The minimum atomic E-state index is -0.405. The number of thiophene rings is 1. The highest BCUT2D eigenvalue weighted by Gasteiger charge is 2.24. The summed E-state index contributed by atoms with van der Waals surface area (Å²) in [7, 11) is 0. The Morgan fingerprint density at radius 2 is 1.90 bits per heavy atom. The number of hydrogen-bond acceptors (Lipinski definition) is 7. The summed E-state index contributed by atoms with van der Waals surface area (Å²) in [5.41, 5.74) is 2.00. The molecule has 1 aromatic carbocycles. The summed E-state index contributed by atoms with van der Waals surface area (Å²) in [6, 6.07) is 4.57. The van der Waals surface area contributed by atoms with Crippen LogP contribution in [0.5, 0.6) is 0 Å². The smallest absolute Gasteiger partial charge is 0.233 e. The number of carbonyl (C=O) groups excluding carboxylic acids is 2. The van der Waals surface area contributed by atoms with Gasteiger partial charge in [0.2, 0.25) is 5.91 Å². The van der Waals surface area contributed by atoms with Crippen LogP contribution in [0.4, 0.5) is 10.1 Å². The zero-order valence-corrected chi connectivity index (χ0v) is 19.3. The number of carbonyl (C=O) groups is 2. The Morgan fingerprint density at radius 1 is 1.16 bits per heavy atom. The Balaban J connectivity index is 1.37. The van der Waals surface area contributed by atoms with Gasteiger partial charge >= 0.3 is 0 Å². The summed E-state index contributed by atoms with van der Waals surface area (Å²) in [6.45, 7) is 7.71. The van der Waals surface area contributed by atoms with E-state index in [2.05, 4.69) is 23.8 Å². The van der Waals surface area contributed by atoms with Crippen molar-refractivity contribution in [2.75, 3.05) is 36.8 Å². The second kappa shape index (κ2) is 8.92. The fourth-order valence-electron chi connectivity index (χ4n) is 3.66. The minimum Gasteiger partial charge on any atom is -0.366 e. The number of benzene rings is 1. The first-order chi connectivity index (χ1) is 14.8. The summed E-state index contributed by atoms with van der Waals surface area (Å²) in [4.78, 5) is 38.8. The molecule has 3 aromatic rings. The van der Waals surface area contributed by atoms with Crippen LogP contribution in [0.1, 0.15) is 27.7 Å². The van der Waals surface area contributed by atoms with E-state index in [0.717, 1.165) is 15.2 Å². The number of hydrogen-bond donors (Lipinski definition) is 0. The van der Waals surface area contributed by atoms with E-state index in [9.17, 15) is 14.0 Å². The van der Waals surface area contributed by atoms with Crippen molar-refractivity contribution < 1.29 is 14.0 Å². The van der Waals surface area contributed by atoms with Gasteiger partial charge in [-0.25, -0.2) is 14.4 Å². The molecule has 4 rings (SSSR count). The van der Waals surface area contributed by atoms with Gasteiger partial charge in [-0.15, -0.1) is 11.3 Å². The fraction of sp³-hybridized carbons (Fsp3) is 0.364. The van der Waals surface area contributed by atoms with E-state index in [-0.39, 0.29) is 11.7 Å². The lowest BCUT2D eigenvalue weighted by atomic mass is 10.1. The highest BCUT2D eigenvalue weighted by molar-refractivity contribution is 8.00. The third kappa shape index (κ3) is 4.43. The predicted octanol–water partition coefficient (Wildman–Crippen LogP) is 4.09. The first-order valence-corrected chi connectivity index (χ1v) is 11.8. The Morgan fingerprint density at radius 3 is 2.58 bits per heavy atom. The molecule has 0 atom stereocenters. The number of Topliss-reactive ketones (excluding diaryl/α,β-unsaturated/α-hetero) is 1. The fourth-order valence-corrected chi connectivity index (χ4v) is 5.68. The number of halogens is 1. The molecule has 0 bridgehead atoms. The molecule has 0 aliphatic carbocycles. The summed E-state index contributed by atoms with van der Waals surface area (Å²) < 4.78 is 14.4. The zero-order chi connectivity index (χ0) is 22.1. The van der Waals surface area contributed by atoms with Crippen molar-refractivity contribution in [2.45, 2.75) is 25.8 Å². The van der Waals surface area contributed by atoms with E-state index < -0.39 is 5.82 Å². The summed E-state index contributed by atoms with van der Waals surface area (Å²) in [5, 5.41) is 1.88. The van der Waals surface area contributed by atoms with Crippen LogP contribution < -0.4 is 4.90 Å². The van der Waals surface area contributed by atoms with E-state index in [1.54, 1.807) is 29.8 Å². The Hall–Kier alpha value is -2.52. The van der Waals surface area contributed by atoms with Gasteiger partial charge in [-0.1, -0.05) is 11.8 Å². The van der Waals surface area contributed by atoms with Crippen LogP contribution in [0.3, 0.4) is 0 Å². The molecule has 162 valence electrons. The molecule has 6 nitrogen and oxygen atoms in total.